The predicted molar refractivity (Wildman–Crippen MR) is 96.3 cm³/mol. The van der Waals surface area contributed by atoms with E-state index in [-0.39, 0.29) is 0 Å². The molecule has 0 fully saturated rings. The van der Waals surface area contributed by atoms with Crippen LogP contribution in [0.1, 0.15) is 63.5 Å². The molecule has 118 valence electrons. The number of unbranched alkanes of at least 4 members (excludes halogenated alkanes) is 4. The van der Waals surface area contributed by atoms with Gasteiger partial charge in [-0.15, -0.1) is 0 Å². The first-order valence-electron chi connectivity index (χ1n) is 8.27. The largest absolute Gasteiger partial charge is 0.488 e. The van der Waals surface area contributed by atoms with Crippen molar-refractivity contribution < 1.29 is 4.74 Å². The van der Waals surface area contributed by atoms with Crippen LogP contribution in [0, 0.1) is 0 Å². The van der Waals surface area contributed by atoms with E-state index in [0.717, 1.165) is 23.1 Å². The fourth-order valence-electron chi connectivity index (χ4n) is 2.49. The Balaban J connectivity index is 2.86. The molecule has 21 heavy (non-hydrogen) atoms. The molecule has 1 nitrogen and oxygen atoms in total. The van der Waals surface area contributed by atoms with Gasteiger partial charge in [0.25, 0.3) is 0 Å². The molecule has 0 saturated heterocycles. The van der Waals surface area contributed by atoms with Gasteiger partial charge in [0.05, 0.1) is 4.47 Å². The highest BCUT2D eigenvalue weighted by atomic mass is 79.9. The first kappa shape index (κ1) is 18.3. The van der Waals surface area contributed by atoms with Crippen molar-refractivity contribution in [3.8, 4) is 5.75 Å². The lowest BCUT2D eigenvalue weighted by molar-refractivity contribution is 0.356. The Kier molecular flexibility index (Phi) is 9.49. The molecule has 0 radical (unpaired) electrons. The normalized spacial score (nSPS) is 10.6. The van der Waals surface area contributed by atoms with Crippen LogP contribution in [0.5, 0.6) is 5.75 Å². The number of benzene rings is 1. The van der Waals surface area contributed by atoms with Crippen molar-refractivity contribution in [2.75, 3.05) is 6.61 Å². The van der Waals surface area contributed by atoms with Gasteiger partial charge in [0.1, 0.15) is 12.4 Å². The Hall–Kier alpha value is -0.760. The monoisotopic (exact) mass is 352 g/mol. The predicted octanol–water partition coefficient (Wildman–Crippen LogP) is 6.48. The van der Waals surface area contributed by atoms with Gasteiger partial charge in [-0.1, -0.05) is 58.3 Å². The molecule has 1 aromatic rings. The van der Waals surface area contributed by atoms with Crippen LogP contribution >= 0.6 is 15.9 Å². The molecule has 0 aromatic heterocycles. The van der Waals surface area contributed by atoms with Crippen LogP contribution in [0.25, 0.3) is 0 Å². The van der Waals surface area contributed by atoms with Crippen molar-refractivity contribution in [2.24, 2.45) is 0 Å². The molecule has 0 atom stereocenters. The molecule has 0 aliphatic rings. The van der Waals surface area contributed by atoms with Crippen LogP contribution < -0.4 is 4.74 Å². The van der Waals surface area contributed by atoms with E-state index in [2.05, 4.69) is 48.5 Å². The molecule has 2 heteroatoms. The molecule has 0 N–H and O–H groups in total. The fourth-order valence-corrected chi connectivity index (χ4v) is 3.15. The van der Waals surface area contributed by atoms with Gasteiger partial charge in [-0.25, -0.2) is 0 Å². The lowest BCUT2D eigenvalue weighted by Gasteiger charge is -2.15. The van der Waals surface area contributed by atoms with E-state index in [1.165, 1.54) is 49.7 Å². The number of hydrogen-bond donors (Lipinski definition) is 0. The van der Waals surface area contributed by atoms with Crippen molar-refractivity contribution in [2.45, 2.75) is 65.2 Å². The van der Waals surface area contributed by atoms with Crippen molar-refractivity contribution in [1.82, 2.24) is 0 Å². The Morgan fingerprint density at radius 2 is 1.71 bits per heavy atom. The summed E-state index contributed by atoms with van der Waals surface area (Å²) in [5.74, 6) is 1.00. The van der Waals surface area contributed by atoms with E-state index in [9.17, 15) is 0 Å². The van der Waals surface area contributed by atoms with E-state index in [1.54, 1.807) is 6.08 Å². The molecule has 0 spiro atoms. The molecular weight excluding hydrogens is 324 g/mol. The van der Waals surface area contributed by atoms with Crippen LogP contribution in [-0.2, 0) is 12.8 Å². The SMILES string of the molecule is C=CCOc1c(Br)cc(CCCCC)cc1CCCCC. The van der Waals surface area contributed by atoms with E-state index >= 15 is 0 Å². The van der Waals surface area contributed by atoms with Crippen molar-refractivity contribution >= 4 is 15.9 Å². The van der Waals surface area contributed by atoms with E-state index < -0.39 is 0 Å². The van der Waals surface area contributed by atoms with Crippen molar-refractivity contribution in [3.05, 3.63) is 40.4 Å². The molecule has 0 aliphatic heterocycles. The van der Waals surface area contributed by atoms with Crippen LogP contribution in [0.4, 0.5) is 0 Å². The summed E-state index contributed by atoms with van der Waals surface area (Å²) in [5.41, 5.74) is 2.76. The third-order valence-corrected chi connectivity index (χ3v) is 4.23. The maximum Gasteiger partial charge on any atom is 0.137 e. The molecule has 1 aromatic carbocycles. The van der Waals surface area contributed by atoms with Gasteiger partial charge in [-0.05, 0) is 58.8 Å². The summed E-state index contributed by atoms with van der Waals surface area (Å²) >= 11 is 3.69. The lowest BCUT2D eigenvalue weighted by Crippen LogP contribution is -2.01. The standard InChI is InChI=1S/C19H29BrO/c1-4-7-9-11-16-14-17(12-10-8-5-2)19(18(20)15-16)21-13-6-3/h6,14-15H,3-5,7-13H2,1-2H3. The van der Waals surface area contributed by atoms with Gasteiger partial charge in [0.2, 0.25) is 0 Å². The minimum atomic E-state index is 0.564. The topological polar surface area (TPSA) is 9.23 Å². The highest BCUT2D eigenvalue weighted by molar-refractivity contribution is 9.10. The van der Waals surface area contributed by atoms with Gasteiger partial charge in [0.15, 0.2) is 0 Å². The summed E-state index contributed by atoms with van der Waals surface area (Å²) < 4.78 is 6.95. The minimum absolute atomic E-state index is 0.564. The van der Waals surface area contributed by atoms with Gasteiger partial charge < -0.3 is 4.74 Å². The Morgan fingerprint density at radius 3 is 2.33 bits per heavy atom. The summed E-state index contributed by atoms with van der Waals surface area (Å²) in [4.78, 5) is 0. The molecule has 0 bridgehead atoms. The van der Waals surface area contributed by atoms with Crippen LogP contribution in [0.3, 0.4) is 0 Å². The number of ether oxygens (including phenoxy) is 1. The maximum atomic E-state index is 5.86. The average Bonchev–Trinajstić information content (AvgIpc) is 2.47. The molecule has 0 aliphatic carbocycles. The zero-order chi connectivity index (χ0) is 15.5. The molecule has 0 saturated carbocycles. The summed E-state index contributed by atoms with van der Waals surface area (Å²) in [6, 6.07) is 4.56. The van der Waals surface area contributed by atoms with Crippen LogP contribution in [0.2, 0.25) is 0 Å². The Bertz CT molecular complexity index is 426. The van der Waals surface area contributed by atoms with E-state index in [0.29, 0.717) is 6.61 Å². The maximum absolute atomic E-state index is 5.86. The third kappa shape index (κ3) is 6.69. The second kappa shape index (κ2) is 10.9. The smallest absolute Gasteiger partial charge is 0.137 e. The molecule has 1 rings (SSSR count). The molecule has 0 unspecified atom stereocenters. The Morgan fingerprint density at radius 1 is 1.05 bits per heavy atom. The van der Waals surface area contributed by atoms with Crippen LogP contribution in [-0.4, -0.2) is 6.61 Å². The second-order valence-corrected chi connectivity index (χ2v) is 6.43. The number of rotatable bonds is 11. The lowest BCUT2D eigenvalue weighted by atomic mass is 10.00. The summed E-state index contributed by atoms with van der Waals surface area (Å²) in [5, 5.41) is 0. The summed E-state index contributed by atoms with van der Waals surface area (Å²) in [7, 11) is 0. The second-order valence-electron chi connectivity index (χ2n) is 5.58. The highest BCUT2D eigenvalue weighted by Crippen LogP contribution is 2.32. The molecular formula is C19H29BrO. The van der Waals surface area contributed by atoms with Crippen molar-refractivity contribution in [3.63, 3.8) is 0 Å². The fraction of sp³-hybridized carbons (Fsp3) is 0.579. The van der Waals surface area contributed by atoms with Gasteiger partial charge >= 0.3 is 0 Å². The Labute approximate surface area is 138 Å². The summed E-state index contributed by atoms with van der Waals surface area (Å²) in [6.45, 7) is 8.79. The van der Waals surface area contributed by atoms with Gasteiger partial charge in [0, 0.05) is 0 Å². The zero-order valence-electron chi connectivity index (χ0n) is 13.6. The van der Waals surface area contributed by atoms with E-state index in [4.69, 9.17) is 4.74 Å². The molecule has 0 amide bonds. The van der Waals surface area contributed by atoms with Crippen molar-refractivity contribution in [1.29, 1.82) is 0 Å². The number of hydrogen-bond acceptors (Lipinski definition) is 1. The average molecular weight is 353 g/mol. The quantitative estimate of drug-likeness (QED) is 0.327. The number of aryl methyl sites for hydroxylation is 2. The first-order valence-corrected chi connectivity index (χ1v) is 9.07. The van der Waals surface area contributed by atoms with Crippen LogP contribution in [0.15, 0.2) is 29.3 Å². The zero-order valence-corrected chi connectivity index (χ0v) is 15.2. The first-order chi connectivity index (χ1) is 10.2. The van der Waals surface area contributed by atoms with Gasteiger partial charge in [-0.2, -0.15) is 0 Å². The third-order valence-electron chi connectivity index (χ3n) is 3.64. The highest BCUT2D eigenvalue weighted by Gasteiger charge is 2.10. The van der Waals surface area contributed by atoms with E-state index in [1.807, 2.05) is 0 Å². The number of halogens is 1. The molecule has 0 heterocycles. The summed E-state index contributed by atoms with van der Waals surface area (Å²) in [6.07, 6.45) is 11.7. The van der Waals surface area contributed by atoms with Gasteiger partial charge in [-0.3, -0.25) is 0 Å². The minimum Gasteiger partial charge on any atom is -0.488 e.